The van der Waals surface area contributed by atoms with Crippen LogP contribution in [0.3, 0.4) is 0 Å². The summed E-state index contributed by atoms with van der Waals surface area (Å²) < 4.78 is 37.3. The molecule has 0 bridgehead atoms. The molecule has 0 unspecified atom stereocenters. The fourth-order valence-corrected chi connectivity index (χ4v) is 5.56. The highest BCUT2D eigenvalue weighted by atomic mass is 19.4. The van der Waals surface area contributed by atoms with Gasteiger partial charge in [0.05, 0.1) is 6.61 Å². The van der Waals surface area contributed by atoms with Gasteiger partial charge in [0, 0.05) is 51.0 Å². The van der Waals surface area contributed by atoms with Gasteiger partial charge in [-0.05, 0) is 42.9 Å². The van der Waals surface area contributed by atoms with Crippen LogP contribution in [0.5, 0.6) is 0 Å². The molecule has 2 aliphatic heterocycles. The summed E-state index contributed by atoms with van der Waals surface area (Å²) in [6, 6.07) is 8.67. The average Bonchev–Trinajstić information content (AvgIpc) is 3.45. The molecule has 0 radical (unpaired) electrons. The number of fused-ring (bicyclic) bond motifs is 1. The average molecular weight is 471 g/mol. The van der Waals surface area contributed by atoms with Crippen molar-refractivity contribution in [2.24, 2.45) is 17.3 Å². The Morgan fingerprint density at radius 2 is 1.79 bits per heavy atom. The van der Waals surface area contributed by atoms with Crippen molar-refractivity contribution in [1.82, 2.24) is 9.80 Å². The van der Waals surface area contributed by atoms with E-state index in [2.05, 4.69) is 41.0 Å². The molecule has 2 fully saturated rings. The van der Waals surface area contributed by atoms with Gasteiger partial charge in [0.15, 0.2) is 0 Å². The van der Waals surface area contributed by atoms with Crippen molar-refractivity contribution in [3.63, 3.8) is 0 Å². The molecule has 2 atom stereocenters. The lowest BCUT2D eigenvalue weighted by molar-refractivity contribution is -0.192. The molecule has 6 nitrogen and oxygen atoms in total. The Kier molecular flexibility index (Phi) is 8.05. The number of hydrogen-bond acceptors (Lipinski definition) is 4. The zero-order chi connectivity index (χ0) is 24.2. The number of hydrogen-bond donors (Lipinski definition) is 1. The number of carboxylic acid groups (broad SMARTS) is 1. The Hall–Kier alpha value is -2.13. The van der Waals surface area contributed by atoms with Crippen LogP contribution >= 0.6 is 0 Å². The second-order valence-corrected chi connectivity index (χ2v) is 9.46. The maximum absolute atomic E-state index is 13.0. The number of carboxylic acids is 1. The lowest BCUT2D eigenvalue weighted by Crippen LogP contribution is -2.38. The Balaban J connectivity index is 0.000000383. The summed E-state index contributed by atoms with van der Waals surface area (Å²) in [7, 11) is 1.80. The molecule has 2 saturated heterocycles. The molecule has 4 rings (SSSR count). The van der Waals surface area contributed by atoms with Gasteiger partial charge in [-0.2, -0.15) is 13.2 Å². The van der Waals surface area contributed by atoms with Gasteiger partial charge in [-0.15, -0.1) is 0 Å². The van der Waals surface area contributed by atoms with Gasteiger partial charge in [-0.25, -0.2) is 4.79 Å². The lowest BCUT2D eigenvalue weighted by atomic mass is 9.77. The van der Waals surface area contributed by atoms with Crippen LogP contribution in [-0.2, 0) is 27.2 Å². The second-order valence-electron chi connectivity index (χ2n) is 9.46. The molecule has 0 aromatic heterocycles. The van der Waals surface area contributed by atoms with Crippen LogP contribution < -0.4 is 0 Å². The number of aliphatic carboxylic acids is 1. The SMILES string of the molecule is CCN1C[C@H](COC)[C@]2(CCN(C(=O)CC3Cc4ccccc4C3)C2)C1.O=C(O)C(F)(F)F. The summed E-state index contributed by atoms with van der Waals surface area (Å²) in [6.45, 7) is 8.23. The molecule has 1 amide bonds. The van der Waals surface area contributed by atoms with Crippen LogP contribution in [-0.4, -0.2) is 79.4 Å². The van der Waals surface area contributed by atoms with Crippen LogP contribution in [0, 0.1) is 17.3 Å². The monoisotopic (exact) mass is 470 g/mol. The van der Waals surface area contributed by atoms with Crippen LogP contribution in [0.2, 0.25) is 0 Å². The van der Waals surface area contributed by atoms with Gasteiger partial charge in [-0.1, -0.05) is 31.2 Å². The molecule has 1 aromatic rings. The van der Waals surface area contributed by atoms with Gasteiger partial charge in [0.2, 0.25) is 5.91 Å². The molecule has 2 heterocycles. The first-order chi connectivity index (χ1) is 15.6. The topological polar surface area (TPSA) is 70.1 Å². The van der Waals surface area contributed by atoms with E-state index in [1.807, 2.05) is 0 Å². The largest absolute Gasteiger partial charge is 0.490 e. The quantitative estimate of drug-likeness (QED) is 0.716. The van der Waals surface area contributed by atoms with Gasteiger partial charge in [0.25, 0.3) is 0 Å². The first-order valence-electron chi connectivity index (χ1n) is 11.4. The number of carbonyl (C=O) groups is 2. The molecule has 9 heteroatoms. The summed E-state index contributed by atoms with van der Waals surface area (Å²) in [6.07, 6.45) is -1.11. The second kappa shape index (κ2) is 10.4. The van der Waals surface area contributed by atoms with Crippen molar-refractivity contribution in [3.05, 3.63) is 35.4 Å². The fourth-order valence-electron chi connectivity index (χ4n) is 5.56. The number of ether oxygens (including phenoxy) is 1. The first-order valence-corrected chi connectivity index (χ1v) is 11.4. The Labute approximate surface area is 192 Å². The molecule has 1 aliphatic carbocycles. The highest BCUT2D eigenvalue weighted by Gasteiger charge is 2.50. The van der Waals surface area contributed by atoms with Gasteiger partial charge < -0.3 is 19.6 Å². The van der Waals surface area contributed by atoms with Crippen LogP contribution in [0.25, 0.3) is 0 Å². The van der Waals surface area contributed by atoms with E-state index in [-0.39, 0.29) is 5.41 Å². The number of halogens is 3. The van der Waals surface area contributed by atoms with Crippen molar-refractivity contribution in [1.29, 1.82) is 0 Å². The third-order valence-corrected chi connectivity index (χ3v) is 7.28. The summed E-state index contributed by atoms with van der Waals surface area (Å²) in [5, 5.41) is 7.12. The van der Waals surface area contributed by atoms with E-state index in [1.54, 1.807) is 7.11 Å². The molecule has 1 aromatic carbocycles. The van der Waals surface area contributed by atoms with Gasteiger partial charge in [0.1, 0.15) is 0 Å². The Morgan fingerprint density at radius 1 is 1.18 bits per heavy atom. The van der Waals surface area contributed by atoms with Gasteiger partial charge in [-0.3, -0.25) is 4.79 Å². The van der Waals surface area contributed by atoms with E-state index in [0.29, 0.717) is 24.2 Å². The van der Waals surface area contributed by atoms with Crippen molar-refractivity contribution < 1.29 is 32.6 Å². The molecule has 1 spiro atoms. The van der Waals surface area contributed by atoms with Crippen molar-refractivity contribution >= 4 is 11.9 Å². The molecule has 184 valence electrons. The maximum atomic E-state index is 13.0. The molecule has 1 N–H and O–H groups in total. The molecular weight excluding hydrogens is 437 g/mol. The maximum Gasteiger partial charge on any atom is 0.490 e. The Bertz CT molecular complexity index is 822. The number of alkyl halides is 3. The van der Waals surface area contributed by atoms with E-state index in [0.717, 1.165) is 58.6 Å². The van der Waals surface area contributed by atoms with Crippen molar-refractivity contribution in [3.8, 4) is 0 Å². The highest BCUT2D eigenvalue weighted by Crippen LogP contribution is 2.44. The van der Waals surface area contributed by atoms with E-state index in [4.69, 9.17) is 14.6 Å². The minimum atomic E-state index is -5.08. The number of methoxy groups -OCH3 is 1. The van der Waals surface area contributed by atoms with Gasteiger partial charge >= 0.3 is 12.1 Å². The smallest absolute Gasteiger partial charge is 0.475 e. The van der Waals surface area contributed by atoms with Crippen molar-refractivity contribution in [2.75, 3.05) is 46.4 Å². The molecule has 0 saturated carbocycles. The zero-order valence-electron chi connectivity index (χ0n) is 19.2. The highest BCUT2D eigenvalue weighted by molar-refractivity contribution is 5.77. The van der Waals surface area contributed by atoms with Crippen LogP contribution in [0.15, 0.2) is 24.3 Å². The van der Waals surface area contributed by atoms with E-state index in [9.17, 15) is 18.0 Å². The molecule has 33 heavy (non-hydrogen) atoms. The predicted octanol–water partition coefficient (Wildman–Crippen LogP) is 3.24. The standard InChI is InChI=1S/C22H32N2O2.C2HF3O2/c1-3-23-13-20(14-26-2)22(15-23)8-9-24(16-22)21(25)12-17-10-18-6-4-5-7-19(18)11-17;3-2(4,5)1(6)7/h4-7,17,20H,3,8-16H2,1-2H3;(H,6,7)/t20-,22-;/m1./s1. The first kappa shape index (κ1) is 25.5. The number of likely N-dealkylation sites (tertiary alicyclic amines) is 2. The number of nitrogens with zero attached hydrogens (tertiary/aromatic N) is 2. The Morgan fingerprint density at radius 3 is 2.30 bits per heavy atom. The van der Waals surface area contributed by atoms with Crippen LogP contribution in [0.4, 0.5) is 13.2 Å². The third-order valence-electron chi connectivity index (χ3n) is 7.28. The molecular formula is C24H33F3N2O4. The number of benzene rings is 1. The third kappa shape index (κ3) is 6.06. The normalized spacial score (nSPS) is 25.2. The summed E-state index contributed by atoms with van der Waals surface area (Å²) in [5.74, 6) is -1.35. The fraction of sp³-hybridized carbons (Fsp3) is 0.667. The predicted molar refractivity (Wildman–Crippen MR) is 117 cm³/mol. The zero-order valence-corrected chi connectivity index (χ0v) is 19.2. The van der Waals surface area contributed by atoms with E-state index in [1.165, 1.54) is 11.1 Å². The van der Waals surface area contributed by atoms with Crippen LogP contribution in [0.1, 0.15) is 30.9 Å². The minimum Gasteiger partial charge on any atom is -0.475 e. The number of amides is 1. The summed E-state index contributed by atoms with van der Waals surface area (Å²) >= 11 is 0. The summed E-state index contributed by atoms with van der Waals surface area (Å²) in [5.41, 5.74) is 3.14. The number of carbonyl (C=O) groups excluding carboxylic acids is 1. The van der Waals surface area contributed by atoms with E-state index >= 15 is 0 Å². The van der Waals surface area contributed by atoms with E-state index < -0.39 is 12.1 Å². The summed E-state index contributed by atoms with van der Waals surface area (Å²) in [4.78, 5) is 26.6. The minimum absolute atomic E-state index is 0.250. The van der Waals surface area contributed by atoms with Crippen molar-refractivity contribution in [2.45, 2.75) is 38.8 Å². The molecule has 3 aliphatic rings. The lowest BCUT2D eigenvalue weighted by Gasteiger charge is -2.30. The number of rotatable bonds is 5.